The molecule has 0 aliphatic heterocycles. The highest BCUT2D eigenvalue weighted by atomic mass is 15.3. The number of aromatic nitrogens is 3. The van der Waals surface area contributed by atoms with Crippen LogP contribution in [0.15, 0.2) is 30.5 Å². The van der Waals surface area contributed by atoms with Crippen LogP contribution in [-0.2, 0) is 19.9 Å². The Balaban J connectivity index is 2.13. The average Bonchev–Trinajstić information content (AvgIpc) is 2.71. The number of nitrogens with zero attached hydrogens (tertiary/aromatic N) is 3. The zero-order valence-corrected chi connectivity index (χ0v) is 10.3. The standard InChI is InChI=1S/C13H18N4/c1-3-10-8-11(17(2)16-10)9-12(14)13-6-4-5-7-15-13/h4-8,12H,3,9,14H2,1-2H3. The van der Waals surface area contributed by atoms with Crippen LogP contribution in [0.1, 0.15) is 30.0 Å². The Kier molecular flexibility index (Phi) is 3.54. The maximum atomic E-state index is 6.14. The van der Waals surface area contributed by atoms with Crippen molar-refractivity contribution in [3.63, 3.8) is 0 Å². The van der Waals surface area contributed by atoms with Crippen LogP contribution in [0.5, 0.6) is 0 Å². The van der Waals surface area contributed by atoms with Crippen LogP contribution >= 0.6 is 0 Å². The smallest absolute Gasteiger partial charge is 0.0624 e. The molecule has 0 bridgehead atoms. The molecule has 0 amide bonds. The summed E-state index contributed by atoms with van der Waals surface area (Å²) in [6.45, 7) is 2.10. The van der Waals surface area contributed by atoms with Crippen molar-refractivity contribution in [2.75, 3.05) is 0 Å². The van der Waals surface area contributed by atoms with Crippen LogP contribution in [0.2, 0.25) is 0 Å². The summed E-state index contributed by atoms with van der Waals surface area (Å²) in [7, 11) is 1.96. The third kappa shape index (κ3) is 2.71. The first-order valence-electron chi connectivity index (χ1n) is 5.89. The molecule has 0 aromatic carbocycles. The van der Waals surface area contributed by atoms with Gasteiger partial charge in [-0.1, -0.05) is 13.0 Å². The molecule has 2 aromatic heterocycles. The molecule has 17 heavy (non-hydrogen) atoms. The third-order valence-electron chi connectivity index (χ3n) is 2.89. The van der Waals surface area contributed by atoms with E-state index in [1.165, 1.54) is 0 Å². The van der Waals surface area contributed by atoms with Gasteiger partial charge in [0.15, 0.2) is 0 Å². The largest absolute Gasteiger partial charge is 0.322 e. The van der Waals surface area contributed by atoms with Gasteiger partial charge in [0, 0.05) is 25.4 Å². The Bertz CT molecular complexity index is 475. The van der Waals surface area contributed by atoms with E-state index in [1.54, 1.807) is 6.20 Å². The van der Waals surface area contributed by atoms with E-state index < -0.39 is 0 Å². The van der Waals surface area contributed by atoms with Gasteiger partial charge < -0.3 is 5.73 Å². The molecule has 0 saturated heterocycles. The summed E-state index contributed by atoms with van der Waals surface area (Å²) in [5, 5.41) is 4.42. The molecule has 2 N–H and O–H groups in total. The lowest BCUT2D eigenvalue weighted by Gasteiger charge is -2.10. The van der Waals surface area contributed by atoms with Gasteiger partial charge in [-0.05, 0) is 24.6 Å². The van der Waals surface area contributed by atoms with Gasteiger partial charge in [0.2, 0.25) is 0 Å². The van der Waals surface area contributed by atoms with Crippen molar-refractivity contribution in [2.24, 2.45) is 12.8 Å². The van der Waals surface area contributed by atoms with Gasteiger partial charge in [-0.2, -0.15) is 5.10 Å². The van der Waals surface area contributed by atoms with Gasteiger partial charge in [-0.3, -0.25) is 9.67 Å². The molecular weight excluding hydrogens is 212 g/mol. The minimum Gasteiger partial charge on any atom is -0.322 e. The van der Waals surface area contributed by atoms with Crippen LogP contribution in [0.25, 0.3) is 0 Å². The van der Waals surface area contributed by atoms with E-state index >= 15 is 0 Å². The fraction of sp³-hybridized carbons (Fsp3) is 0.385. The van der Waals surface area contributed by atoms with Crippen molar-refractivity contribution >= 4 is 0 Å². The van der Waals surface area contributed by atoms with E-state index in [-0.39, 0.29) is 6.04 Å². The molecule has 0 spiro atoms. The zero-order valence-electron chi connectivity index (χ0n) is 10.3. The summed E-state index contributed by atoms with van der Waals surface area (Å²) in [5.41, 5.74) is 9.33. The number of nitrogens with two attached hydrogens (primary N) is 1. The predicted molar refractivity (Wildman–Crippen MR) is 67.5 cm³/mol. The molecule has 0 aliphatic rings. The molecule has 4 nitrogen and oxygen atoms in total. The van der Waals surface area contributed by atoms with Crippen LogP contribution in [-0.4, -0.2) is 14.8 Å². The van der Waals surface area contributed by atoms with Gasteiger partial charge in [-0.15, -0.1) is 0 Å². The minimum atomic E-state index is -0.0729. The van der Waals surface area contributed by atoms with Gasteiger partial charge in [-0.25, -0.2) is 0 Å². The van der Waals surface area contributed by atoms with Crippen LogP contribution in [0, 0.1) is 0 Å². The highest BCUT2D eigenvalue weighted by molar-refractivity contribution is 5.15. The first kappa shape index (κ1) is 11.8. The Morgan fingerprint density at radius 2 is 2.24 bits per heavy atom. The Hall–Kier alpha value is -1.68. The second kappa shape index (κ2) is 5.10. The molecular formula is C13H18N4. The average molecular weight is 230 g/mol. The lowest BCUT2D eigenvalue weighted by molar-refractivity contribution is 0.627. The number of aryl methyl sites for hydroxylation is 2. The fourth-order valence-corrected chi connectivity index (χ4v) is 1.86. The first-order chi connectivity index (χ1) is 8.20. The maximum absolute atomic E-state index is 6.14. The fourth-order valence-electron chi connectivity index (χ4n) is 1.86. The highest BCUT2D eigenvalue weighted by Crippen LogP contribution is 2.14. The minimum absolute atomic E-state index is 0.0729. The summed E-state index contributed by atoms with van der Waals surface area (Å²) in [5.74, 6) is 0. The van der Waals surface area contributed by atoms with Crippen molar-refractivity contribution in [3.05, 3.63) is 47.5 Å². The van der Waals surface area contributed by atoms with Gasteiger partial charge in [0.25, 0.3) is 0 Å². The Labute approximate surface area is 101 Å². The molecule has 1 atom stereocenters. The van der Waals surface area contributed by atoms with E-state index in [0.29, 0.717) is 0 Å². The van der Waals surface area contributed by atoms with Gasteiger partial charge >= 0.3 is 0 Å². The molecule has 0 fully saturated rings. The number of pyridine rings is 1. The predicted octanol–water partition coefficient (Wildman–Crippen LogP) is 1.62. The molecule has 0 radical (unpaired) electrons. The van der Waals surface area contributed by atoms with Crippen LogP contribution < -0.4 is 5.73 Å². The zero-order chi connectivity index (χ0) is 12.3. The van der Waals surface area contributed by atoms with Gasteiger partial charge in [0.05, 0.1) is 17.4 Å². The molecule has 4 heteroatoms. The van der Waals surface area contributed by atoms with Crippen LogP contribution in [0.4, 0.5) is 0 Å². The molecule has 0 aliphatic carbocycles. The van der Waals surface area contributed by atoms with E-state index in [0.717, 1.165) is 29.9 Å². The number of hydrogen-bond donors (Lipinski definition) is 1. The molecule has 2 heterocycles. The SMILES string of the molecule is CCc1cc(CC(N)c2ccccn2)n(C)n1. The number of rotatable bonds is 4. The normalized spacial score (nSPS) is 12.6. The molecule has 2 aromatic rings. The lowest BCUT2D eigenvalue weighted by Crippen LogP contribution is -2.16. The van der Waals surface area contributed by atoms with Crippen molar-refractivity contribution in [2.45, 2.75) is 25.8 Å². The van der Waals surface area contributed by atoms with Crippen molar-refractivity contribution in [1.29, 1.82) is 0 Å². The molecule has 90 valence electrons. The monoisotopic (exact) mass is 230 g/mol. The van der Waals surface area contributed by atoms with Crippen molar-refractivity contribution < 1.29 is 0 Å². The van der Waals surface area contributed by atoms with E-state index in [1.807, 2.05) is 29.9 Å². The summed E-state index contributed by atoms with van der Waals surface area (Å²) < 4.78 is 1.90. The first-order valence-corrected chi connectivity index (χ1v) is 5.89. The second-order valence-electron chi connectivity index (χ2n) is 4.17. The van der Waals surface area contributed by atoms with E-state index in [2.05, 4.69) is 23.1 Å². The molecule has 0 saturated carbocycles. The maximum Gasteiger partial charge on any atom is 0.0624 e. The second-order valence-corrected chi connectivity index (χ2v) is 4.17. The molecule has 1 unspecified atom stereocenters. The van der Waals surface area contributed by atoms with Crippen LogP contribution in [0.3, 0.4) is 0 Å². The molecule has 2 rings (SSSR count). The summed E-state index contributed by atoms with van der Waals surface area (Å²) in [4.78, 5) is 4.28. The number of hydrogen-bond acceptors (Lipinski definition) is 3. The quantitative estimate of drug-likeness (QED) is 0.868. The summed E-state index contributed by atoms with van der Waals surface area (Å²) >= 11 is 0. The van der Waals surface area contributed by atoms with Crippen molar-refractivity contribution in [1.82, 2.24) is 14.8 Å². The summed E-state index contributed by atoms with van der Waals surface area (Å²) in [6.07, 6.45) is 3.49. The van der Waals surface area contributed by atoms with E-state index in [9.17, 15) is 0 Å². The third-order valence-corrected chi connectivity index (χ3v) is 2.89. The topological polar surface area (TPSA) is 56.7 Å². The van der Waals surface area contributed by atoms with Crippen molar-refractivity contribution in [3.8, 4) is 0 Å². The van der Waals surface area contributed by atoms with E-state index in [4.69, 9.17) is 5.73 Å². The lowest BCUT2D eigenvalue weighted by atomic mass is 10.1. The Morgan fingerprint density at radius 3 is 2.82 bits per heavy atom. The highest BCUT2D eigenvalue weighted by Gasteiger charge is 2.11. The Morgan fingerprint density at radius 1 is 1.41 bits per heavy atom. The summed E-state index contributed by atoms with van der Waals surface area (Å²) in [6, 6.07) is 7.86. The van der Waals surface area contributed by atoms with Gasteiger partial charge in [0.1, 0.15) is 0 Å².